The van der Waals surface area contributed by atoms with Gasteiger partial charge in [0.2, 0.25) is 10.5 Å². The van der Waals surface area contributed by atoms with Gasteiger partial charge in [0.1, 0.15) is 0 Å². The zero-order valence-electron chi connectivity index (χ0n) is 4.59. The second kappa shape index (κ2) is 7.88. The van der Waals surface area contributed by atoms with Crippen molar-refractivity contribution in [1.82, 2.24) is 0 Å². The highest BCUT2D eigenvalue weighted by Crippen LogP contribution is 2.01. The third kappa shape index (κ3) is 6.88. The molecule has 0 fully saturated rings. The van der Waals surface area contributed by atoms with Crippen LogP contribution in [0.5, 0.6) is 0 Å². The van der Waals surface area contributed by atoms with E-state index in [1.54, 1.807) is 11.8 Å². The van der Waals surface area contributed by atoms with E-state index in [-0.39, 0.29) is 0 Å². The fourth-order valence-corrected chi connectivity index (χ4v) is 1.44. The van der Waals surface area contributed by atoms with Gasteiger partial charge in [-0.15, -0.1) is 11.8 Å². The molecule has 0 aromatic heterocycles. The zero-order valence-corrected chi connectivity index (χ0v) is 7.30. The molecular weight excluding hydrogens is 156 g/mol. The maximum Gasteiger partial charge on any atom is 0.247 e. The summed E-state index contributed by atoms with van der Waals surface area (Å²) in [5, 5.41) is 0. The second-order valence-corrected chi connectivity index (χ2v) is 3.04. The van der Waals surface area contributed by atoms with Crippen molar-refractivity contribution in [3.8, 4) is 0 Å². The molecule has 0 rings (SSSR count). The molecule has 0 aliphatic carbocycles. The first-order valence-electron chi connectivity index (χ1n) is 2.39. The van der Waals surface area contributed by atoms with Crippen LogP contribution in [0, 0.1) is 0 Å². The van der Waals surface area contributed by atoms with E-state index in [0.717, 1.165) is 23.9 Å². The highest BCUT2D eigenvalue weighted by atomic mass is 32.2. The molecule has 0 aromatic carbocycles. The Morgan fingerprint density at radius 1 is 1.62 bits per heavy atom. The van der Waals surface area contributed by atoms with E-state index in [1.807, 2.05) is 0 Å². The lowest BCUT2D eigenvalue weighted by Gasteiger charge is -1.95. The summed E-state index contributed by atoms with van der Waals surface area (Å²) < 4.78 is 4.63. The van der Waals surface area contributed by atoms with Crippen molar-refractivity contribution in [2.75, 3.05) is 17.4 Å². The predicted molar refractivity (Wildman–Crippen MR) is 42.6 cm³/mol. The fraction of sp³-hybridized carbons (Fsp3) is 1.00. The SMILES string of the molecule is [Si]OCSCCCS. The summed E-state index contributed by atoms with van der Waals surface area (Å²) >= 11 is 5.81. The van der Waals surface area contributed by atoms with Gasteiger partial charge in [-0.3, -0.25) is 0 Å². The molecule has 0 heterocycles. The molecule has 0 spiro atoms. The van der Waals surface area contributed by atoms with Gasteiger partial charge < -0.3 is 4.43 Å². The minimum atomic E-state index is 0.727. The van der Waals surface area contributed by atoms with E-state index >= 15 is 0 Å². The maximum absolute atomic E-state index is 4.63. The maximum atomic E-state index is 4.63. The molecule has 0 N–H and O–H groups in total. The van der Waals surface area contributed by atoms with Crippen LogP contribution in [0.1, 0.15) is 6.42 Å². The summed E-state index contributed by atoms with van der Waals surface area (Å²) in [6.07, 6.45) is 1.16. The Balaban J connectivity index is 2.53. The molecule has 0 saturated carbocycles. The molecule has 0 unspecified atom stereocenters. The van der Waals surface area contributed by atoms with Crippen LogP contribution >= 0.6 is 24.4 Å². The molecule has 3 radical (unpaired) electrons. The average Bonchev–Trinajstić information content (AvgIpc) is 1.81. The van der Waals surface area contributed by atoms with E-state index in [2.05, 4.69) is 27.5 Å². The van der Waals surface area contributed by atoms with Crippen molar-refractivity contribution in [2.24, 2.45) is 0 Å². The average molecular weight is 165 g/mol. The first-order chi connectivity index (χ1) is 3.91. The number of rotatable bonds is 5. The zero-order chi connectivity index (χ0) is 6.24. The summed E-state index contributed by atoms with van der Waals surface area (Å²) in [4.78, 5) is 0. The number of hydrogen-bond donors (Lipinski definition) is 1. The van der Waals surface area contributed by atoms with Crippen molar-refractivity contribution in [2.45, 2.75) is 6.42 Å². The molecule has 4 heteroatoms. The number of hydrogen-bond acceptors (Lipinski definition) is 3. The Kier molecular flexibility index (Phi) is 8.74. The van der Waals surface area contributed by atoms with Crippen LogP contribution in [-0.2, 0) is 4.43 Å². The second-order valence-electron chi connectivity index (χ2n) is 1.25. The third-order valence-corrected chi connectivity index (χ3v) is 2.12. The third-order valence-electron chi connectivity index (χ3n) is 0.589. The number of thiol groups is 1. The molecule has 0 aliphatic rings. The van der Waals surface area contributed by atoms with Crippen molar-refractivity contribution in [1.29, 1.82) is 0 Å². The Hall–Kier alpha value is 0.877. The van der Waals surface area contributed by atoms with Crippen molar-refractivity contribution < 1.29 is 4.43 Å². The summed E-state index contributed by atoms with van der Waals surface area (Å²) in [6, 6.07) is 0. The first-order valence-corrected chi connectivity index (χ1v) is 4.58. The monoisotopic (exact) mass is 165 g/mol. The molecule has 8 heavy (non-hydrogen) atoms. The van der Waals surface area contributed by atoms with Crippen molar-refractivity contribution in [3.63, 3.8) is 0 Å². The van der Waals surface area contributed by atoms with E-state index in [1.165, 1.54) is 0 Å². The Labute approximate surface area is 63.5 Å². The molecule has 0 amide bonds. The summed E-state index contributed by atoms with van der Waals surface area (Å²) in [7, 11) is 2.90. The molecule has 0 saturated heterocycles. The molecule has 0 aromatic rings. The van der Waals surface area contributed by atoms with Gasteiger partial charge in [-0.1, -0.05) is 0 Å². The van der Waals surface area contributed by atoms with E-state index in [4.69, 9.17) is 0 Å². The van der Waals surface area contributed by atoms with Crippen LogP contribution in [0.3, 0.4) is 0 Å². The minimum absolute atomic E-state index is 0.727. The highest BCUT2D eigenvalue weighted by Gasteiger charge is 1.83. The standard InChI is InChI=1S/C4H9OS2Si/c6-2-1-3-7-4-5-8/h6H,1-4H2. The largest absolute Gasteiger partial charge is 0.410 e. The first kappa shape index (κ1) is 8.88. The van der Waals surface area contributed by atoms with Gasteiger partial charge in [0, 0.05) is 0 Å². The normalized spacial score (nSPS) is 9.75. The minimum Gasteiger partial charge on any atom is -0.410 e. The predicted octanol–water partition coefficient (Wildman–Crippen LogP) is 1.10. The Bertz CT molecular complexity index is 39.0. The molecule has 0 aliphatic heterocycles. The van der Waals surface area contributed by atoms with E-state index < -0.39 is 0 Å². The molecule has 47 valence electrons. The molecular formula is C4H9OS2Si. The van der Waals surface area contributed by atoms with E-state index in [9.17, 15) is 0 Å². The fourth-order valence-electron chi connectivity index (χ4n) is 0.267. The highest BCUT2D eigenvalue weighted by molar-refractivity contribution is 7.99. The van der Waals surface area contributed by atoms with Crippen LogP contribution in [0.4, 0.5) is 0 Å². The molecule has 0 atom stereocenters. The van der Waals surface area contributed by atoms with Gasteiger partial charge >= 0.3 is 0 Å². The van der Waals surface area contributed by atoms with Crippen molar-refractivity contribution in [3.05, 3.63) is 0 Å². The van der Waals surface area contributed by atoms with Gasteiger partial charge in [-0.2, -0.15) is 12.6 Å². The van der Waals surface area contributed by atoms with Gasteiger partial charge in [0.05, 0.1) is 5.94 Å². The van der Waals surface area contributed by atoms with Crippen LogP contribution in [0.25, 0.3) is 0 Å². The van der Waals surface area contributed by atoms with Gasteiger partial charge in [0.25, 0.3) is 0 Å². The molecule has 0 bridgehead atoms. The molecule has 1 nitrogen and oxygen atoms in total. The Morgan fingerprint density at radius 3 is 2.88 bits per heavy atom. The van der Waals surface area contributed by atoms with Crippen LogP contribution in [-0.4, -0.2) is 27.9 Å². The lowest BCUT2D eigenvalue weighted by Crippen LogP contribution is -1.86. The number of thioether (sulfide) groups is 1. The van der Waals surface area contributed by atoms with Gasteiger partial charge in [0.15, 0.2) is 0 Å². The summed E-state index contributed by atoms with van der Waals surface area (Å²) in [5.74, 6) is 2.83. The lowest BCUT2D eigenvalue weighted by molar-refractivity contribution is 0.435. The van der Waals surface area contributed by atoms with Crippen LogP contribution in [0.15, 0.2) is 0 Å². The summed E-state index contributed by atoms with van der Waals surface area (Å²) in [6.45, 7) is 0. The van der Waals surface area contributed by atoms with Gasteiger partial charge in [-0.25, -0.2) is 0 Å². The smallest absolute Gasteiger partial charge is 0.247 e. The van der Waals surface area contributed by atoms with Crippen molar-refractivity contribution >= 4 is 34.9 Å². The van der Waals surface area contributed by atoms with Crippen LogP contribution in [0.2, 0.25) is 0 Å². The Morgan fingerprint density at radius 2 is 2.38 bits per heavy atom. The van der Waals surface area contributed by atoms with Gasteiger partial charge in [-0.05, 0) is 17.9 Å². The topological polar surface area (TPSA) is 9.23 Å². The lowest BCUT2D eigenvalue weighted by atomic mass is 10.6. The quantitative estimate of drug-likeness (QED) is 0.283. The van der Waals surface area contributed by atoms with Crippen LogP contribution < -0.4 is 0 Å². The summed E-state index contributed by atoms with van der Waals surface area (Å²) in [5.41, 5.74) is 0. The van der Waals surface area contributed by atoms with E-state index in [0.29, 0.717) is 0 Å².